The summed E-state index contributed by atoms with van der Waals surface area (Å²) in [5.41, 5.74) is 0. The molecular weight excluding hydrogens is 202 g/mol. The zero-order valence-corrected chi connectivity index (χ0v) is 8.29. The van der Waals surface area contributed by atoms with Crippen molar-refractivity contribution in [3.05, 3.63) is 22.4 Å². The molecule has 76 valence electrons. The Hall–Kier alpha value is -1.36. The third kappa shape index (κ3) is 3.18. The number of aryl methyl sites for hydroxylation is 1. The highest BCUT2D eigenvalue weighted by Gasteiger charge is 2.15. The van der Waals surface area contributed by atoms with Crippen molar-refractivity contribution >= 4 is 23.7 Å². The van der Waals surface area contributed by atoms with E-state index in [1.54, 1.807) is 11.3 Å². The zero-order valence-electron chi connectivity index (χ0n) is 7.47. The van der Waals surface area contributed by atoms with Gasteiger partial charge in [-0.05, 0) is 24.3 Å². The third-order valence-corrected chi connectivity index (χ3v) is 2.76. The lowest BCUT2D eigenvalue weighted by atomic mass is 10.1. The summed E-state index contributed by atoms with van der Waals surface area (Å²) in [4.78, 5) is 21.9. The average Bonchev–Trinajstić information content (AvgIpc) is 2.64. The smallest absolute Gasteiger partial charge is 0.326 e. The Morgan fingerprint density at radius 2 is 2.50 bits per heavy atom. The number of nitrogens with one attached hydrogen (secondary N) is 1. The van der Waals surface area contributed by atoms with Crippen LogP contribution in [0.25, 0.3) is 0 Å². The van der Waals surface area contributed by atoms with E-state index >= 15 is 0 Å². The van der Waals surface area contributed by atoms with Gasteiger partial charge in [0.15, 0.2) is 0 Å². The van der Waals surface area contributed by atoms with Crippen LogP contribution >= 0.6 is 11.3 Å². The van der Waals surface area contributed by atoms with Gasteiger partial charge in [0.1, 0.15) is 6.04 Å². The lowest BCUT2D eigenvalue weighted by Crippen LogP contribution is -2.35. The molecule has 0 spiro atoms. The number of amides is 1. The van der Waals surface area contributed by atoms with Crippen LogP contribution in [0.15, 0.2) is 17.5 Å². The van der Waals surface area contributed by atoms with Gasteiger partial charge in [-0.25, -0.2) is 4.79 Å². The number of rotatable bonds is 6. The van der Waals surface area contributed by atoms with Crippen molar-refractivity contribution in [1.82, 2.24) is 5.32 Å². The van der Waals surface area contributed by atoms with E-state index < -0.39 is 12.0 Å². The second kappa shape index (κ2) is 5.39. The summed E-state index contributed by atoms with van der Waals surface area (Å²) in [5.74, 6) is -0.992. The van der Waals surface area contributed by atoms with Gasteiger partial charge in [-0.3, -0.25) is 4.79 Å². The number of carbonyl (C=O) groups excluding carboxylic acids is 1. The van der Waals surface area contributed by atoms with Crippen molar-refractivity contribution < 1.29 is 14.7 Å². The monoisotopic (exact) mass is 213 g/mol. The molecule has 1 aromatic heterocycles. The second-order valence-electron chi connectivity index (χ2n) is 2.79. The summed E-state index contributed by atoms with van der Waals surface area (Å²) in [5, 5.41) is 12.9. The van der Waals surface area contributed by atoms with Gasteiger partial charge in [0.2, 0.25) is 6.41 Å². The summed E-state index contributed by atoms with van der Waals surface area (Å²) in [6.07, 6.45) is 1.53. The fourth-order valence-electron chi connectivity index (χ4n) is 1.10. The van der Waals surface area contributed by atoms with E-state index in [0.717, 1.165) is 4.88 Å². The highest BCUT2D eigenvalue weighted by atomic mass is 32.1. The van der Waals surface area contributed by atoms with Gasteiger partial charge in [0.25, 0.3) is 0 Å². The molecule has 0 aliphatic carbocycles. The zero-order chi connectivity index (χ0) is 10.4. The minimum absolute atomic E-state index is 0.424. The molecule has 1 rings (SSSR count). The minimum atomic E-state index is -0.992. The molecule has 1 amide bonds. The van der Waals surface area contributed by atoms with Crippen LogP contribution in [0.3, 0.4) is 0 Å². The van der Waals surface area contributed by atoms with Gasteiger partial charge in [-0.15, -0.1) is 11.3 Å². The predicted octanol–water partition coefficient (Wildman–Crippen LogP) is 0.880. The van der Waals surface area contributed by atoms with Crippen LogP contribution in [0, 0.1) is 0 Å². The molecule has 1 unspecified atom stereocenters. The molecular formula is C9H11NO3S. The first-order valence-electron chi connectivity index (χ1n) is 4.19. The molecule has 4 nitrogen and oxygen atoms in total. The normalized spacial score (nSPS) is 12.0. The molecule has 0 aromatic carbocycles. The van der Waals surface area contributed by atoms with Crippen LogP contribution in [-0.2, 0) is 16.0 Å². The Morgan fingerprint density at radius 1 is 1.71 bits per heavy atom. The third-order valence-electron chi connectivity index (χ3n) is 1.83. The highest BCUT2D eigenvalue weighted by Crippen LogP contribution is 2.11. The molecule has 0 bridgehead atoms. The standard InChI is InChI=1S/C9H11NO3S/c11-6-10-8(9(12)13)4-3-7-2-1-5-14-7/h1-2,5-6,8H,3-4H2,(H,10,11)(H,12,13). The molecule has 0 aliphatic heterocycles. The van der Waals surface area contributed by atoms with Gasteiger partial charge in [-0.1, -0.05) is 6.07 Å². The molecule has 1 atom stereocenters. The number of carboxylic acids is 1. The van der Waals surface area contributed by atoms with Crippen LogP contribution in [0.2, 0.25) is 0 Å². The summed E-state index contributed by atoms with van der Waals surface area (Å²) in [6.45, 7) is 0. The molecule has 2 N–H and O–H groups in total. The molecule has 1 heterocycles. The first-order chi connectivity index (χ1) is 6.74. The fourth-order valence-corrected chi connectivity index (χ4v) is 1.83. The maximum Gasteiger partial charge on any atom is 0.326 e. The number of thiophene rings is 1. The molecule has 14 heavy (non-hydrogen) atoms. The predicted molar refractivity (Wildman–Crippen MR) is 53.3 cm³/mol. The molecule has 0 radical (unpaired) electrons. The van der Waals surface area contributed by atoms with E-state index in [1.807, 2.05) is 17.5 Å². The van der Waals surface area contributed by atoms with Gasteiger partial charge < -0.3 is 10.4 Å². The molecule has 0 aliphatic rings. The maximum absolute atomic E-state index is 10.6. The lowest BCUT2D eigenvalue weighted by molar-refractivity contribution is -0.140. The number of carbonyl (C=O) groups is 2. The minimum Gasteiger partial charge on any atom is -0.480 e. The van der Waals surface area contributed by atoms with Crippen LogP contribution < -0.4 is 5.32 Å². The van der Waals surface area contributed by atoms with E-state index in [0.29, 0.717) is 19.3 Å². The molecule has 0 fully saturated rings. The lowest BCUT2D eigenvalue weighted by Gasteiger charge is -2.09. The van der Waals surface area contributed by atoms with Gasteiger partial charge >= 0.3 is 5.97 Å². The first kappa shape index (κ1) is 10.7. The SMILES string of the molecule is O=CNC(CCc1cccs1)C(=O)O. The van der Waals surface area contributed by atoms with Crippen molar-refractivity contribution in [3.63, 3.8) is 0 Å². The summed E-state index contributed by atoms with van der Waals surface area (Å²) < 4.78 is 0. The topological polar surface area (TPSA) is 66.4 Å². The van der Waals surface area contributed by atoms with Crippen molar-refractivity contribution in [3.8, 4) is 0 Å². The van der Waals surface area contributed by atoms with Crippen molar-refractivity contribution in [2.75, 3.05) is 0 Å². The first-order valence-corrected chi connectivity index (χ1v) is 5.07. The van der Waals surface area contributed by atoms with E-state index in [2.05, 4.69) is 5.32 Å². The van der Waals surface area contributed by atoms with E-state index in [4.69, 9.17) is 5.11 Å². The van der Waals surface area contributed by atoms with Crippen LogP contribution in [-0.4, -0.2) is 23.5 Å². The Morgan fingerprint density at radius 3 is 3.00 bits per heavy atom. The molecule has 1 aromatic rings. The highest BCUT2D eigenvalue weighted by molar-refractivity contribution is 7.09. The van der Waals surface area contributed by atoms with Crippen molar-refractivity contribution in [2.45, 2.75) is 18.9 Å². The van der Waals surface area contributed by atoms with Crippen molar-refractivity contribution in [1.29, 1.82) is 0 Å². The number of hydrogen-bond acceptors (Lipinski definition) is 3. The Bertz CT molecular complexity index is 297. The molecule has 0 saturated heterocycles. The van der Waals surface area contributed by atoms with E-state index in [1.165, 1.54) is 0 Å². The number of hydrogen-bond donors (Lipinski definition) is 2. The van der Waals surface area contributed by atoms with Crippen LogP contribution in [0.1, 0.15) is 11.3 Å². The average molecular weight is 213 g/mol. The Balaban J connectivity index is 2.40. The Kier molecular flexibility index (Phi) is 4.12. The van der Waals surface area contributed by atoms with E-state index in [9.17, 15) is 9.59 Å². The van der Waals surface area contributed by atoms with Gasteiger partial charge in [0, 0.05) is 4.88 Å². The summed E-state index contributed by atoms with van der Waals surface area (Å²) in [7, 11) is 0. The van der Waals surface area contributed by atoms with Crippen LogP contribution in [0.4, 0.5) is 0 Å². The summed E-state index contributed by atoms with van der Waals surface area (Å²) >= 11 is 1.59. The number of aliphatic carboxylic acids is 1. The van der Waals surface area contributed by atoms with E-state index in [-0.39, 0.29) is 0 Å². The molecule has 5 heteroatoms. The fraction of sp³-hybridized carbons (Fsp3) is 0.333. The largest absolute Gasteiger partial charge is 0.480 e. The quantitative estimate of drug-likeness (QED) is 0.689. The maximum atomic E-state index is 10.6. The number of carboxylic acid groups (broad SMARTS) is 1. The molecule has 0 saturated carbocycles. The Labute approximate surface area is 85.6 Å². The second-order valence-corrected chi connectivity index (χ2v) is 3.83. The van der Waals surface area contributed by atoms with Gasteiger partial charge in [0.05, 0.1) is 0 Å². The van der Waals surface area contributed by atoms with Gasteiger partial charge in [-0.2, -0.15) is 0 Å². The van der Waals surface area contributed by atoms with Crippen LogP contribution in [0.5, 0.6) is 0 Å². The van der Waals surface area contributed by atoms with Crippen molar-refractivity contribution in [2.24, 2.45) is 0 Å². The summed E-state index contributed by atoms with van der Waals surface area (Å²) in [6, 6.07) is 3.09.